The highest BCUT2D eigenvalue weighted by molar-refractivity contribution is 4.51. The van der Waals surface area contributed by atoms with Gasteiger partial charge in [0.2, 0.25) is 0 Å². The summed E-state index contributed by atoms with van der Waals surface area (Å²) in [6.45, 7) is 5.60. The second-order valence-corrected chi connectivity index (χ2v) is 2.31. The minimum atomic E-state index is -0.259. The molecule has 0 aliphatic carbocycles. The lowest BCUT2D eigenvalue weighted by molar-refractivity contribution is -0.506. The van der Waals surface area contributed by atoms with Crippen LogP contribution in [-0.2, 0) is 4.84 Å². The Labute approximate surface area is 54.5 Å². The molecule has 0 aliphatic rings. The summed E-state index contributed by atoms with van der Waals surface area (Å²) in [6, 6.07) is 0. The first-order valence-corrected chi connectivity index (χ1v) is 2.88. The van der Waals surface area contributed by atoms with Crippen LogP contribution in [0.4, 0.5) is 0 Å². The molecule has 0 bridgehead atoms. The molecule has 1 unspecified atom stereocenters. The van der Waals surface area contributed by atoms with Gasteiger partial charge in [-0.05, 0) is 12.8 Å². The average molecular weight is 135 g/mol. The minimum absolute atomic E-state index is 0.181. The lowest BCUT2D eigenvalue weighted by atomic mass is 10.1. The fourth-order valence-electron chi connectivity index (χ4n) is 0.270. The van der Waals surface area contributed by atoms with E-state index in [0.717, 1.165) is 0 Å². The van der Waals surface area contributed by atoms with Gasteiger partial charge in [-0.3, -0.25) is 10.4 Å². The topological polar surface area (TPSA) is 52.9 Å². The highest BCUT2D eigenvalue weighted by Crippen LogP contribution is 2.04. The molecule has 0 radical (unpaired) electrons. The van der Waals surface area contributed by atoms with Gasteiger partial charge in [0.15, 0.2) is 0 Å². The minimum Gasteiger partial charge on any atom is -0.266 e. The molecule has 2 N–H and O–H groups in total. The van der Waals surface area contributed by atoms with Gasteiger partial charge >= 0.3 is 0 Å². The third kappa shape index (κ3) is 4.35. The van der Waals surface area contributed by atoms with Crippen molar-refractivity contribution in [3.05, 3.63) is 0 Å². The van der Waals surface area contributed by atoms with E-state index in [-0.39, 0.29) is 17.4 Å². The lowest BCUT2D eigenvalue weighted by Crippen LogP contribution is -2.25. The van der Waals surface area contributed by atoms with Gasteiger partial charge in [0.25, 0.3) is 0 Å². The predicted octanol–water partition coefficient (Wildman–Crippen LogP) is 1.04. The largest absolute Gasteiger partial charge is 0.266 e. The zero-order valence-corrected chi connectivity index (χ0v) is 5.90. The van der Waals surface area contributed by atoms with Crippen LogP contribution in [-0.4, -0.2) is 21.9 Å². The monoisotopic (exact) mass is 135 g/mol. The molecule has 0 spiro atoms. The normalized spacial score (nSPS) is 15.0. The molecule has 0 saturated carbocycles. The molecule has 0 fully saturated rings. The molecule has 0 aromatic carbocycles. The summed E-state index contributed by atoms with van der Waals surface area (Å²) < 4.78 is 0. The van der Waals surface area contributed by atoms with Gasteiger partial charge in [-0.1, -0.05) is 13.8 Å². The highest BCUT2D eigenvalue weighted by Gasteiger charge is 2.09. The maximum absolute atomic E-state index is 8.14. The Kier molecular flexibility index (Phi) is 3.72. The van der Waals surface area contributed by atoms with Crippen LogP contribution < -0.4 is 0 Å². The molecule has 0 amide bonds. The van der Waals surface area contributed by atoms with E-state index < -0.39 is 0 Å². The molecule has 1 atom stereocenters. The van der Waals surface area contributed by atoms with Crippen molar-refractivity contribution in [3.8, 4) is 0 Å². The predicted molar refractivity (Wildman–Crippen MR) is 30.8 cm³/mol. The highest BCUT2D eigenvalue weighted by atomic mass is 17.1. The zero-order valence-electron chi connectivity index (χ0n) is 5.90. The molecule has 4 nitrogen and oxygen atoms in total. The summed E-state index contributed by atoms with van der Waals surface area (Å²) in [4.78, 5) is 4.46. The molecule has 9 heavy (non-hydrogen) atoms. The van der Waals surface area contributed by atoms with Crippen LogP contribution in [0.2, 0.25) is 0 Å². The third-order valence-electron chi connectivity index (χ3n) is 1.20. The van der Waals surface area contributed by atoms with Crippen molar-refractivity contribution in [1.29, 1.82) is 0 Å². The Morgan fingerprint density at radius 3 is 1.78 bits per heavy atom. The quantitative estimate of drug-likeness (QED) is 0.568. The van der Waals surface area contributed by atoms with E-state index >= 15 is 0 Å². The summed E-state index contributed by atoms with van der Waals surface area (Å²) in [5.41, 5.74) is 0. The van der Waals surface area contributed by atoms with Crippen LogP contribution in [0.15, 0.2) is 0 Å². The Morgan fingerprint density at radius 2 is 1.67 bits per heavy atom. The van der Waals surface area contributed by atoms with Gasteiger partial charge in [0.05, 0.1) is 11.5 Å². The van der Waals surface area contributed by atoms with Crippen LogP contribution in [0.1, 0.15) is 20.8 Å². The smallest absolute Gasteiger partial charge is 0.0839 e. The summed E-state index contributed by atoms with van der Waals surface area (Å²) in [6.07, 6.45) is -0.181. The number of rotatable bonds is 3. The molecule has 4 heteroatoms. The summed E-state index contributed by atoms with van der Waals surface area (Å²) >= 11 is 0. The standard InChI is InChI=1S/C5H13NO3/c1-4(2)5(3)9-6(7)8/h4-5,7-8H,1-3H3. The SMILES string of the molecule is CC(C)C(C)ON(O)O. The second-order valence-electron chi connectivity index (χ2n) is 2.31. The van der Waals surface area contributed by atoms with Gasteiger partial charge in [0, 0.05) is 0 Å². The first-order chi connectivity index (χ1) is 4.04. The first kappa shape index (κ1) is 8.84. The van der Waals surface area contributed by atoms with Crippen molar-refractivity contribution in [2.24, 2.45) is 5.92 Å². The van der Waals surface area contributed by atoms with Gasteiger partial charge in [0.1, 0.15) is 0 Å². The van der Waals surface area contributed by atoms with Crippen molar-refractivity contribution in [2.75, 3.05) is 0 Å². The van der Waals surface area contributed by atoms with Crippen LogP contribution >= 0.6 is 0 Å². The Morgan fingerprint density at radius 1 is 1.22 bits per heavy atom. The Hall–Kier alpha value is -0.160. The molecule has 0 saturated heterocycles. The number of hydrogen-bond donors (Lipinski definition) is 2. The molecular formula is C5H13NO3. The van der Waals surface area contributed by atoms with Gasteiger partial charge in [-0.25, -0.2) is 4.84 Å². The third-order valence-corrected chi connectivity index (χ3v) is 1.20. The van der Waals surface area contributed by atoms with Gasteiger partial charge in [-0.15, -0.1) is 0 Å². The molecule has 0 rings (SSSR count). The van der Waals surface area contributed by atoms with E-state index in [1.165, 1.54) is 0 Å². The van der Waals surface area contributed by atoms with Crippen LogP contribution in [0.25, 0.3) is 0 Å². The van der Waals surface area contributed by atoms with Crippen molar-refractivity contribution in [1.82, 2.24) is 5.39 Å². The molecule has 0 aromatic heterocycles. The molecule has 0 aromatic rings. The van der Waals surface area contributed by atoms with E-state index in [0.29, 0.717) is 0 Å². The van der Waals surface area contributed by atoms with Crippen molar-refractivity contribution in [3.63, 3.8) is 0 Å². The van der Waals surface area contributed by atoms with Gasteiger partial charge < -0.3 is 0 Å². The summed E-state index contributed by atoms with van der Waals surface area (Å²) in [7, 11) is 0. The first-order valence-electron chi connectivity index (χ1n) is 2.88. The van der Waals surface area contributed by atoms with E-state index in [2.05, 4.69) is 4.84 Å². The second kappa shape index (κ2) is 3.79. The molecule has 0 heterocycles. The maximum Gasteiger partial charge on any atom is 0.0839 e. The number of nitrogens with zero attached hydrogens (tertiary/aromatic N) is 1. The molecule has 56 valence electrons. The fourth-order valence-corrected chi connectivity index (χ4v) is 0.270. The van der Waals surface area contributed by atoms with E-state index in [4.69, 9.17) is 10.4 Å². The average Bonchev–Trinajstić information content (AvgIpc) is 1.63. The van der Waals surface area contributed by atoms with Crippen molar-refractivity contribution in [2.45, 2.75) is 26.9 Å². The zero-order chi connectivity index (χ0) is 7.44. The van der Waals surface area contributed by atoms with Crippen LogP contribution in [0, 0.1) is 5.92 Å². The maximum atomic E-state index is 8.14. The molecular weight excluding hydrogens is 122 g/mol. The van der Waals surface area contributed by atoms with Crippen LogP contribution in [0.5, 0.6) is 0 Å². The van der Waals surface area contributed by atoms with Crippen molar-refractivity contribution >= 4 is 0 Å². The van der Waals surface area contributed by atoms with Gasteiger partial charge in [-0.2, -0.15) is 0 Å². The van der Waals surface area contributed by atoms with E-state index in [1.54, 1.807) is 6.92 Å². The summed E-state index contributed by atoms with van der Waals surface area (Å²) in [5.74, 6) is 0.270. The number of hydrogen-bond acceptors (Lipinski definition) is 4. The lowest BCUT2D eigenvalue weighted by Gasteiger charge is -2.16. The van der Waals surface area contributed by atoms with Crippen LogP contribution in [0.3, 0.4) is 0 Å². The fraction of sp³-hybridized carbons (Fsp3) is 1.00. The Balaban J connectivity index is 3.38. The van der Waals surface area contributed by atoms with Crippen molar-refractivity contribution < 1.29 is 15.3 Å². The van der Waals surface area contributed by atoms with E-state index in [1.807, 2.05) is 13.8 Å². The van der Waals surface area contributed by atoms with E-state index in [9.17, 15) is 0 Å². The Bertz CT molecular complexity index is 74.6. The molecule has 0 aliphatic heterocycles. The summed E-state index contributed by atoms with van der Waals surface area (Å²) in [5, 5.41) is 16.0.